The van der Waals surface area contributed by atoms with Crippen molar-refractivity contribution in [3.63, 3.8) is 0 Å². The Kier molecular flexibility index (Phi) is 5.47. The molecule has 0 radical (unpaired) electrons. The van der Waals surface area contributed by atoms with Gasteiger partial charge in [0, 0.05) is 12.6 Å². The van der Waals surface area contributed by atoms with Crippen molar-refractivity contribution in [3.8, 4) is 11.8 Å². The van der Waals surface area contributed by atoms with E-state index in [-0.39, 0.29) is 18.0 Å². The normalized spacial score (nSPS) is 10.9. The van der Waals surface area contributed by atoms with Gasteiger partial charge in [-0.3, -0.25) is 10.1 Å². The van der Waals surface area contributed by atoms with Crippen LogP contribution in [0.2, 0.25) is 0 Å². The zero-order valence-corrected chi connectivity index (χ0v) is 11.8. The molecule has 0 spiro atoms. The number of ether oxygens (including phenoxy) is 1. The number of nitro groups is 1. The van der Waals surface area contributed by atoms with Crippen molar-refractivity contribution < 1.29 is 9.66 Å². The molecule has 1 aromatic rings. The Bertz CT molecular complexity index is 521. The van der Waals surface area contributed by atoms with E-state index in [4.69, 9.17) is 15.7 Å². The predicted molar refractivity (Wildman–Crippen MR) is 75.1 cm³/mol. The van der Waals surface area contributed by atoms with Crippen LogP contribution in [0.5, 0.6) is 5.75 Å². The fourth-order valence-corrected chi connectivity index (χ4v) is 1.71. The molecule has 0 saturated heterocycles. The van der Waals surface area contributed by atoms with Crippen molar-refractivity contribution >= 4 is 5.69 Å². The minimum Gasteiger partial charge on any atom is -0.487 e. The molecule has 2 N–H and O–H groups in total. The summed E-state index contributed by atoms with van der Waals surface area (Å²) in [5, 5.41) is 19.9. The molecule has 0 aliphatic carbocycles. The van der Waals surface area contributed by atoms with Crippen molar-refractivity contribution in [1.82, 2.24) is 0 Å². The summed E-state index contributed by atoms with van der Waals surface area (Å²) >= 11 is 0. The molecule has 0 fully saturated rings. The quantitative estimate of drug-likeness (QED) is 0.469. The standard InChI is InChI=1S/C14H19N3O3/c1-14(2,10-16)6-3-7-20-13-5-4-11(9-15)8-12(13)17(18)19/h4-5,8H,3,6-7,9,15H2,1-2H3. The van der Waals surface area contributed by atoms with E-state index in [0.717, 1.165) is 0 Å². The molecular weight excluding hydrogens is 258 g/mol. The van der Waals surface area contributed by atoms with Gasteiger partial charge in [0.05, 0.1) is 23.0 Å². The first-order valence-electron chi connectivity index (χ1n) is 6.41. The molecule has 1 rings (SSSR count). The Morgan fingerprint density at radius 3 is 2.75 bits per heavy atom. The highest BCUT2D eigenvalue weighted by Crippen LogP contribution is 2.28. The molecule has 108 valence electrons. The molecule has 0 amide bonds. The molecule has 0 bridgehead atoms. The Morgan fingerprint density at radius 1 is 1.50 bits per heavy atom. The maximum atomic E-state index is 11.0. The molecule has 0 aliphatic heterocycles. The van der Waals surface area contributed by atoms with E-state index in [1.54, 1.807) is 12.1 Å². The lowest BCUT2D eigenvalue weighted by Crippen LogP contribution is -2.10. The van der Waals surface area contributed by atoms with Crippen molar-refractivity contribution in [2.24, 2.45) is 11.1 Å². The van der Waals surface area contributed by atoms with Crippen LogP contribution >= 0.6 is 0 Å². The summed E-state index contributed by atoms with van der Waals surface area (Å²) in [4.78, 5) is 10.5. The minimum absolute atomic E-state index is 0.0764. The van der Waals surface area contributed by atoms with Gasteiger partial charge in [0.2, 0.25) is 0 Å². The van der Waals surface area contributed by atoms with Gasteiger partial charge in [0.1, 0.15) is 0 Å². The summed E-state index contributed by atoms with van der Waals surface area (Å²) in [5.74, 6) is 0.238. The van der Waals surface area contributed by atoms with Gasteiger partial charge >= 0.3 is 5.69 Å². The van der Waals surface area contributed by atoms with E-state index in [1.807, 2.05) is 13.8 Å². The van der Waals surface area contributed by atoms with Gasteiger partial charge in [-0.2, -0.15) is 5.26 Å². The smallest absolute Gasteiger partial charge is 0.311 e. The van der Waals surface area contributed by atoms with Crippen LogP contribution < -0.4 is 10.5 Å². The zero-order chi connectivity index (χ0) is 15.2. The van der Waals surface area contributed by atoms with Crippen LogP contribution in [-0.2, 0) is 6.54 Å². The summed E-state index contributed by atoms with van der Waals surface area (Å²) in [6.07, 6.45) is 1.34. The van der Waals surface area contributed by atoms with Crippen LogP contribution in [0.3, 0.4) is 0 Å². The molecule has 6 heteroatoms. The fourth-order valence-electron chi connectivity index (χ4n) is 1.71. The van der Waals surface area contributed by atoms with Gasteiger partial charge in [-0.1, -0.05) is 6.07 Å². The Labute approximate surface area is 118 Å². The third-order valence-electron chi connectivity index (χ3n) is 2.96. The second-order valence-corrected chi connectivity index (χ2v) is 5.21. The molecule has 20 heavy (non-hydrogen) atoms. The van der Waals surface area contributed by atoms with E-state index in [2.05, 4.69) is 6.07 Å². The summed E-state index contributed by atoms with van der Waals surface area (Å²) in [6.45, 7) is 4.29. The number of benzene rings is 1. The number of hydrogen-bond donors (Lipinski definition) is 1. The zero-order valence-electron chi connectivity index (χ0n) is 11.8. The molecule has 6 nitrogen and oxygen atoms in total. The van der Waals surface area contributed by atoms with Gasteiger partial charge in [-0.25, -0.2) is 0 Å². The number of nitro benzene ring substituents is 1. The number of nitrogens with zero attached hydrogens (tertiary/aromatic N) is 2. The molecule has 0 heterocycles. The fraction of sp³-hybridized carbons (Fsp3) is 0.500. The Hall–Kier alpha value is -2.13. The van der Waals surface area contributed by atoms with Crippen LogP contribution in [0.15, 0.2) is 18.2 Å². The monoisotopic (exact) mass is 277 g/mol. The first-order chi connectivity index (χ1) is 9.39. The first-order valence-corrected chi connectivity index (χ1v) is 6.41. The van der Waals surface area contributed by atoms with Gasteiger partial charge in [0.15, 0.2) is 5.75 Å². The molecule has 0 aliphatic rings. The molecule has 0 unspecified atom stereocenters. The van der Waals surface area contributed by atoms with Crippen LogP contribution in [0.4, 0.5) is 5.69 Å². The van der Waals surface area contributed by atoms with E-state index < -0.39 is 10.3 Å². The number of nitrogens with two attached hydrogens (primary N) is 1. The van der Waals surface area contributed by atoms with E-state index in [1.165, 1.54) is 6.07 Å². The van der Waals surface area contributed by atoms with E-state index in [9.17, 15) is 10.1 Å². The van der Waals surface area contributed by atoms with Crippen LogP contribution in [-0.4, -0.2) is 11.5 Å². The lowest BCUT2D eigenvalue weighted by molar-refractivity contribution is -0.385. The van der Waals surface area contributed by atoms with Gasteiger partial charge < -0.3 is 10.5 Å². The van der Waals surface area contributed by atoms with Gasteiger partial charge in [0.25, 0.3) is 0 Å². The largest absolute Gasteiger partial charge is 0.487 e. The summed E-state index contributed by atoms with van der Waals surface area (Å²) in [5.41, 5.74) is 5.67. The number of hydrogen-bond acceptors (Lipinski definition) is 5. The second kappa shape index (κ2) is 6.87. The lowest BCUT2D eigenvalue weighted by Gasteiger charge is -2.14. The van der Waals surface area contributed by atoms with Gasteiger partial charge in [-0.15, -0.1) is 0 Å². The average molecular weight is 277 g/mol. The summed E-state index contributed by atoms with van der Waals surface area (Å²) < 4.78 is 5.45. The molecule has 1 aromatic carbocycles. The third kappa shape index (κ3) is 4.52. The number of nitriles is 1. The summed E-state index contributed by atoms with van der Waals surface area (Å²) in [7, 11) is 0. The van der Waals surface area contributed by atoms with Crippen molar-refractivity contribution in [2.75, 3.05) is 6.61 Å². The maximum Gasteiger partial charge on any atom is 0.311 e. The van der Waals surface area contributed by atoms with Crippen LogP contribution in [0.25, 0.3) is 0 Å². The summed E-state index contributed by atoms with van der Waals surface area (Å²) in [6, 6.07) is 6.91. The number of rotatable bonds is 7. The Balaban J connectivity index is 2.65. The van der Waals surface area contributed by atoms with Crippen molar-refractivity contribution in [3.05, 3.63) is 33.9 Å². The molecule has 0 saturated carbocycles. The molecular formula is C14H19N3O3. The lowest BCUT2D eigenvalue weighted by atomic mass is 9.90. The van der Waals surface area contributed by atoms with Gasteiger partial charge in [-0.05, 0) is 38.3 Å². The maximum absolute atomic E-state index is 11.0. The molecule has 0 atom stereocenters. The second-order valence-electron chi connectivity index (χ2n) is 5.21. The van der Waals surface area contributed by atoms with Crippen molar-refractivity contribution in [2.45, 2.75) is 33.2 Å². The topological polar surface area (TPSA) is 102 Å². The van der Waals surface area contributed by atoms with Crippen molar-refractivity contribution in [1.29, 1.82) is 5.26 Å². The predicted octanol–water partition coefficient (Wildman–Crippen LogP) is 2.76. The average Bonchev–Trinajstić information content (AvgIpc) is 2.43. The van der Waals surface area contributed by atoms with Crippen LogP contribution in [0.1, 0.15) is 32.3 Å². The SMILES string of the molecule is CC(C)(C#N)CCCOc1ccc(CN)cc1[N+](=O)[O-]. The highest BCUT2D eigenvalue weighted by Gasteiger charge is 2.18. The highest BCUT2D eigenvalue weighted by molar-refractivity contribution is 5.48. The third-order valence-corrected chi connectivity index (χ3v) is 2.96. The van der Waals surface area contributed by atoms with Crippen LogP contribution in [0, 0.1) is 26.9 Å². The Morgan fingerprint density at radius 2 is 2.20 bits per heavy atom. The molecule has 0 aromatic heterocycles. The van der Waals surface area contributed by atoms with E-state index in [0.29, 0.717) is 25.0 Å². The van der Waals surface area contributed by atoms with E-state index >= 15 is 0 Å². The first kappa shape index (κ1) is 15.9. The highest BCUT2D eigenvalue weighted by atomic mass is 16.6. The minimum atomic E-state index is -0.478.